The van der Waals surface area contributed by atoms with E-state index in [0.29, 0.717) is 18.2 Å². The molecule has 2 amide bonds. The third-order valence-electron chi connectivity index (χ3n) is 6.17. The van der Waals surface area contributed by atoms with Crippen molar-refractivity contribution in [2.75, 3.05) is 25.0 Å². The lowest BCUT2D eigenvalue weighted by Crippen LogP contribution is -2.55. The number of benzene rings is 3. The van der Waals surface area contributed by atoms with Crippen LogP contribution in [0.3, 0.4) is 0 Å². The number of para-hydroxylation sites is 1. The number of nitrogens with zero attached hydrogens (tertiary/aromatic N) is 4. The van der Waals surface area contributed by atoms with Crippen LogP contribution >= 0.6 is 11.6 Å². The predicted octanol–water partition coefficient (Wildman–Crippen LogP) is 6.32. The average molecular weight is 541 g/mol. The Balaban J connectivity index is 1.63. The van der Waals surface area contributed by atoms with Gasteiger partial charge in [0, 0.05) is 19.6 Å². The van der Waals surface area contributed by atoms with Gasteiger partial charge in [-0.1, -0.05) is 60.1 Å². The minimum atomic E-state index is -4.58. The third kappa shape index (κ3) is 6.18. The Hall–Kier alpha value is -4.23. The van der Waals surface area contributed by atoms with Crippen LogP contribution in [0.5, 0.6) is 0 Å². The number of carbonyl (C=O) groups is 1. The van der Waals surface area contributed by atoms with Crippen LogP contribution in [-0.4, -0.2) is 41.4 Å². The number of aliphatic imine (C=N–C) groups is 1. The molecule has 2 N–H and O–H groups in total. The van der Waals surface area contributed by atoms with Crippen LogP contribution in [0.1, 0.15) is 22.7 Å². The number of urea groups is 1. The van der Waals surface area contributed by atoms with Gasteiger partial charge in [0.15, 0.2) is 6.19 Å². The molecular weight excluding hydrogens is 517 g/mol. The molecule has 0 aliphatic carbocycles. The van der Waals surface area contributed by atoms with Crippen molar-refractivity contribution in [1.29, 1.82) is 5.26 Å². The Kier molecular flexibility index (Phi) is 8.08. The summed E-state index contributed by atoms with van der Waals surface area (Å²) < 4.78 is 39.7. The molecule has 0 radical (unpaired) electrons. The van der Waals surface area contributed by atoms with Crippen LogP contribution in [0.2, 0.25) is 5.02 Å². The lowest BCUT2D eigenvalue weighted by molar-refractivity contribution is -0.137. The first-order valence-corrected chi connectivity index (χ1v) is 12.1. The number of piperazine rings is 1. The molecule has 1 saturated heterocycles. The van der Waals surface area contributed by atoms with Gasteiger partial charge in [-0.25, -0.2) is 9.79 Å². The SMILES string of the molecule is Cc1ccccc1N=C(NC#N)N1CCN(C(=O)Nc2cc(C(F)(F)F)ccc2Cl)C(c2ccccc2)C1. The Morgan fingerprint density at radius 1 is 1.08 bits per heavy atom. The number of hydrogen-bond acceptors (Lipinski definition) is 3. The van der Waals surface area contributed by atoms with E-state index in [4.69, 9.17) is 11.6 Å². The zero-order valence-electron chi connectivity index (χ0n) is 20.3. The van der Waals surface area contributed by atoms with E-state index in [-0.39, 0.29) is 23.8 Å². The summed E-state index contributed by atoms with van der Waals surface area (Å²) in [7, 11) is 0. The van der Waals surface area contributed by atoms with E-state index in [1.54, 1.807) is 4.90 Å². The lowest BCUT2D eigenvalue weighted by atomic mass is 10.0. The number of nitrogens with one attached hydrogen (secondary N) is 2. The van der Waals surface area contributed by atoms with Crippen molar-refractivity contribution in [2.45, 2.75) is 19.1 Å². The molecule has 7 nitrogen and oxygen atoms in total. The molecule has 38 heavy (non-hydrogen) atoms. The van der Waals surface area contributed by atoms with Gasteiger partial charge in [-0.05, 0) is 42.3 Å². The molecule has 0 bridgehead atoms. The van der Waals surface area contributed by atoms with Gasteiger partial charge < -0.3 is 15.1 Å². The van der Waals surface area contributed by atoms with Crippen molar-refractivity contribution in [3.05, 3.63) is 94.5 Å². The fraction of sp³-hybridized carbons (Fsp3) is 0.222. The number of halogens is 4. The molecule has 196 valence electrons. The Morgan fingerprint density at radius 2 is 1.79 bits per heavy atom. The van der Waals surface area contributed by atoms with Crippen molar-refractivity contribution in [2.24, 2.45) is 4.99 Å². The van der Waals surface area contributed by atoms with Gasteiger partial charge >= 0.3 is 12.2 Å². The number of guanidine groups is 1. The monoisotopic (exact) mass is 540 g/mol. The van der Waals surface area contributed by atoms with E-state index >= 15 is 0 Å². The van der Waals surface area contributed by atoms with E-state index in [1.165, 1.54) is 0 Å². The van der Waals surface area contributed by atoms with Crippen molar-refractivity contribution in [1.82, 2.24) is 15.1 Å². The smallest absolute Gasteiger partial charge is 0.338 e. The number of rotatable bonds is 3. The summed E-state index contributed by atoms with van der Waals surface area (Å²) in [5, 5.41) is 14.6. The summed E-state index contributed by atoms with van der Waals surface area (Å²) in [5.74, 6) is 0.337. The van der Waals surface area contributed by atoms with Gasteiger partial charge in [-0.2, -0.15) is 18.4 Å². The molecule has 1 aliphatic heterocycles. The maximum absolute atomic E-state index is 13.4. The molecule has 11 heteroatoms. The van der Waals surface area contributed by atoms with E-state index < -0.39 is 23.8 Å². The Bertz CT molecular complexity index is 1370. The zero-order valence-corrected chi connectivity index (χ0v) is 21.1. The second-order valence-corrected chi connectivity index (χ2v) is 9.05. The van der Waals surface area contributed by atoms with Gasteiger partial charge in [0.1, 0.15) is 0 Å². The number of carbonyl (C=O) groups excluding carboxylic acids is 1. The van der Waals surface area contributed by atoms with Crippen molar-refractivity contribution in [3.63, 3.8) is 0 Å². The molecule has 1 aliphatic rings. The number of hydrogen-bond donors (Lipinski definition) is 2. The molecule has 4 rings (SSSR count). The van der Waals surface area contributed by atoms with Crippen LogP contribution in [0.15, 0.2) is 77.8 Å². The quantitative estimate of drug-likeness (QED) is 0.176. The topological polar surface area (TPSA) is 83.8 Å². The molecule has 3 aromatic rings. The van der Waals surface area contributed by atoms with Crippen LogP contribution in [0.4, 0.5) is 29.3 Å². The standard InChI is InChI=1S/C27H24ClF3N6O/c1-18-7-5-6-10-22(18)34-25(33-17-32)36-13-14-37(24(16-36)19-8-3-2-4-9-19)26(38)35-23-15-20(27(29,30)31)11-12-21(23)28/h2-12,15,24H,13-14,16H2,1H3,(H,33,34)(H,35,38). The summed E-state index contributed by atoms with van der Waals surface area (Å²) in [4.78, 5) is 21.4. The summed E-state index contributed by atoms with van der Waals surface area (Å²) in [6, 6.07) is 18.4. The number of nitriles is 1. The molecule has 1 atom stereocenters. The fourth-order valence-electron chi connectivity index (χ4n) is 4.19. The molecule has 1 heterocycles. The fourth-order valence-corrected chi connectivity index (χ4v) is 4.36. The summed E-state index contributed by atoms with van der Waals surface area (Å²) in [6.45, 7) is 2.73. The predicted molar refractivity (Wildman–Crippen MR) is 140 cm³/mol. The number of anilines is 1. The van der Waals surface area contributed by atoms with Gasteiger partial charge in [-0.15, -0.1) is 0 Å². The molecule has 1 unspecified atom stereocenters. The highest BCUT2D eigenvalue weighted by molar-refractivity contribution is 6.33. The second kappa shape index (κ2) is 11.4. The highest BCUT2D eigenvalue weighted by atomic mass is 35.5. The van der Waals surface area contributed by atoms with Crippen molar-refractivity contribution >= 4 is 35.0 Å². The van der Waals surface area contributed by atoms with Gasteiger partial charge in [0.05, 0.1) is 28.0 Å². The van der Waals surface area contributed by atoms with Crippen LogP contribution in [0, 0.1) is 18.4 Å². The number of alkyl halides is 3. The van der Waals surface area contributed by atoms with Gasteiger partial charge in [0.25, 0.3) is 0 Å². The molecular formula is C27H24ClF3N6O. The maximum atomic E-state index is 13.4. The largest absolute Gasteiger partial charge is 0.416 e. The second-order valence-electron chi connectivity index (χ2n) is 8.65. The number of aryl methyl sites for hydroxylation is 1. The van der Waals surface area contributed by atoms with Crippen molar-refractivity contribution in [3.8, 4) is 6.19 Å². The third-order valence-corrected chi connectivity index (χ3v) is 6.50. The van der Waals surface area contributed by atoms with E-state index in [0.717, 1.165) is 29.3 Å². The molecule has 0 saturated carbocycles. The normalized spacial score (nSPS) is 16.1. The Labute approximate surface area is 223 Å². The summed E-state index contributed by atoms with van der Waals surface area (Å²) in [6.07, 6.45) is -2.65. The highest BCUT2D eigenvalue weighted by Crippen LogP contribution is 2.34. The molecule has 3 aromatic carbocycles. The average Bonchev–Trinajstić information content (AvgIpc) is 2.90. The van der Waals surface area contributed by atoms with E-state index in [1.807, 2.05) is 72.6 Å². The Morgan fingerprint density at radius 3 is 2.47 bits per heavy atom. The minimum Gasteiger partial charge on any atom is -0.338 e. The van der Waals surface area contributed by atoms with E-state index in [9.17, 15) is 23.2 Å². The van der Waals surface area contributed by atoms with Crippen LogP contribution in [0.25, 0.3) is 0 Å². The van der Waals surface area contributed by atoms with Gasteiger partial charge in [-0.3, -0.25) is 5.32 Å². The van der Waals surface area contributed by atoms with Crippen molar-refractivity contribution < 1.29 is 18.0 Å². The first-order valence-electron chi connectivity index (χ1n) is 11.7. The summed E-state index contributed by atoms with van der Waals surface area (Å²) >= 11 is 6.11. The molecule has 1 fully saturated rings. The van der Waals surface area contributed by atoms with Crippen LogP contribution < -0.4 is 10.6 Å². The lowest BCUT2D eigenvalue weighted by Gasteiger charge is -2.42. The molecule has 0 aromatic heterocycles. The van der Waals surface area contributed by atoms with Crippen LogP contribution in [-0.2, 0) is 6.18 Å². The summed E-state index contributed by atoms with van der Waals surface area (Å²) in [5.41, 5.74) is 1.39. The van der Waals surface area contributed by atoms with E-state index in [2.05, 4.69) is 15.6 Å². The highest BCUT2D eigenvalue weighted by Gasteiger charge is 2.34. The first-order chi connectivity index (χ1) is 18.2. The number of amides is 2. The molecule has 0 spiro atoms. The first kappa shape index (κ1) is 26.8. The zero-order chi connectivity index (χ0) is 27.3. The van der Waals surface area contributed by atoms with Gasteiger partial charge in [0.2, 0.25) is 5.96 Å². The minimum absolute atomic E-state index is 0.00730. The maximum Gasteiger partial charge on any atom is 0.416 e.